The van der Waals surface area contributed by atoms with E-state index in [1.807, 2.05) is 19.4 Å². The maximum Gasteiger partial charge on any atom is 0.110 e. The second-order valence-corrected chi connectivity index (χ2v) is 5.20. The number of nitrogens with one attached hydrogen (secondary N) is 1. The van der Waals surface area contributed by atoms with Gasteiger partial charge < -0.3 is 14.6 Å². The van der Waals surface area contributed by atoms with Crippen molar-refractivity contribution < 1.29 is 4.74 Å². The van der Waals surface area contributed by atoms with Crippen LogP contribution in [0.1, 0.15) is 38.4 Å². The summed E-state index contributed by atoms with van der Waals surface area (Å²) in [5, 5.41) is 3.46. The van der Waals surface area contributed by atoms with E-state index < -0.39 is 0 Å². The normalized spacial score (nSPS) is 20.2. The summed E-state index contributed by atoms with van der Waals surface area (Å²) >= 11 is 0. The zero-order valence-corrected chi connectivity index (χ0v) is 11.8. The molecule has 102 valence electrons. The maximum atomic E-state index is 6.13. The lowest BCUT2D eigenvalue weighted by molar-refractivity contribution is -0.0601. The molecule has 1 aliphatic rings. The van der Waals surface area contributed by atoms with Crippen molar-refractivity contribution in [3.05, 3.63) is 18.2 Å². The van der Waals surface area contributed by atoms with E-state index in [1.54, 1.807) is 0 Å². The van der Waals surface area contributed by atoms with Gasteiger partial charge in [-0.15, -0.1) is 0 Å². The smallest absolute Gasteiger partial charge is 0.110 e. The minimum Gasteiger partial charge on any atom is -0.374 e. The number of imidazole rings is 1. The molecule has 1 fully saturated rings. The van der Waals surface area contributed by atoms with E-state index in [2.05, 4.69) is 28.8 Å². The Labute approximate surface area is 110 Å². The quantitative estimate of drug-likeness (QED) is 0.839. The van der Waals surface area contributed by atoms with Crippen LogP contribution in [0.4, 0.5) is 0 Å². The zero-order chi connectivity index (χ0) is 13.0. The van der Waals surface area contributed by atoms with Gasteiger partial charge >= 0.3 is 0 Å². The number of aryl methyl sites for hydroxylation is 1. The molecule has 1 N–H and O–H groups in total. The lowest BCUT2D eigenvalue weighted by atomic mass is 9.89. The fraction of sp³-hybridized carbons (Fsp3) is 0.786. The average Bonchev–Trinajstić information content (AvgIpc) is 2.97. The summed E-state index contributed by atoms with van der Waals surface area (Å²) < 4.78 is 8.23. The van der Waals surface area contributed by atoms with E-state index in [1.165, 1.54) is 12.8 Å². The first-order chi connectivity index (χ1) is 8.72. The minimum absolute atomic E-state index is 0.00937. The third kappa shape index (κ3) is 2.59. The molecule has 0 aliphatic heterocycles. The highest BCUT2D eigenvalue weighted by atomic mass is 16.5. The second kappa shape index (κ2) is 5.85. The molecule has 1 aliphatic carbocycles. The average molecular weight is 251 g/mol. The van der Waals surface area contributed by atoms with Crippen molar-refractivity contribution in [1.29, 1.82) is 0 Å². The highest BCUT2D eigenvalue weighted by Crippen LogP contribution is 2.37. The molecule has 18 heavy (non-hydrogen) atoms. The van der Waals surface area contributed by atoms with Gasteiger partial charge in [-0.3, -0.25) is 0 Å². The van der Waals surface area contributed by atoms with Gasteiger partial charge in [-0.05, 0) is 26.8 Å². The number of hydrogen-bond donors (Lipinski definition) is 1. The van der Waals surface area contributed by atoms with Crippen molar-refractivity contribution in [2.75, 3.05) is 13.7 Å². The third-order valence-electron chi connectivity index (χ3n) is 4.17. The number of likely N-dealkylation sites (N-methyl/N-ethyl adjacent to an activating group) is 1. The van der Waals surface area contributed by atoms with Crippen LogP contribution in [0.5, 0.6) is 0 Å². The van der Waals surface area contributed by atoms with E-state index in [0.717, 1.165) is 31.7 Å². The Morgan fingerprint density at radius 3 is 2.72 bits per heavy atom. The molecule has 4 heteroatoms. The highest BCUT2D eigenvalue weighted by molar-refractivity contribution is 5.03. The minimum atomic E-state index is 0.00937. The van der Waals surface area contributed by atoms with Crippen molar-refractivity contribution in [3.63, 3.8) is 0 Å². The lowest BCUT2D eigenvalue weighted by Gasteiger charge is -2.37. The Hall–Kier alpha value is -0.870. The molecule has 1 saturated carbocycles. The fourth-order valence-electron chi connectivity index (χ4n) is 3.18. The van der Waals surface area contributed by atoms with Crippen LogP contribution in [0.25, 0.3) is 0 Å². The zero-order valence-electron chi connectivity index (χ0n) is 11.8. The number of nitrogens with zero attached hydrogens (tertiary/aromatic N) is 2. The van der Waals surface area contributed by atoms with Gasteiger partial charge in [0, 0.05) is 38.5 Å². The van der Waals surface area contributed by atoms with Crippen LogP contribution < -0.4 is 5.32 Å². The third-order valence-corrected chi connectivity index (χ3v) is 4.17. The summed E-state index contributed by atoms with van der Waals surface area (Å²) in [6, 6.07) is 0.348. The SMILES string of the molecule is CCOC1(C(Cc2nccn2C)NC)CCCC1. The molecular formula is C14H25N3O. The van der Waals surface area contributed by atoms with Gasteiger partial charge in [-0.2, -0.15) is 0 Å². The van der Waals surface area contributed by atoms with E-state index in [4.69, 9.17) is 4.74 Å². The van der Waals surface area contributed by atoms with Crippen LogP contribution in [0, 0.1) is 0 Å². The molecule has 0 aromatic carbocycles. The van der Waals surface area contributed by atoms with Gasteiger partial charge in [0.25, 0.3) is 0 Å². The topological polar surface area (TPSA) is 39.1 Å². The Morgan fingerprint density at radius 1 is 1.50 bits per heavy atom. The summed E-state index contributed by atoms with van der Waals surface area (Å²) in [5.74, 6) is 1.13. The summed E-state index contributed by atoms with van der Waals surface area (Å²) in [7, 11) is 4.09. The van der Waals surface area contributed by atoms with Gasteiger partial charge in [0.1, 0.15) is 5.82 Å². The Kier molecular flexibility index (Phi) is 4.40. The predicted octanol–water partition coefficient (Wildman–Crippen LogP) is 1.90. The first-order valence-corrected chi connectivity index (χ1v) is 6.99. The molecular weight excluding hydrogens is 226 g/mol. The Balaban J connectivity index is 2.13. The van der Waals surface area contributed by atoms with Crippen molar-refractivity contribution in [3.8, 4) is 0 Å². The van der Waals surface area contributed by atoms with Crippen LogP contribution in [0.2, 0.25) is 0 Å². The fourth-order valence-corrected chi connectivity index (χ4v) is 3.18. The number of aromatic nitrogens is 2. The van der Waals surface area contributed by atoms with Crippen LogP contribution in [-0.2, 0) is 18.2 Å². The van der Waals surface area contributed by atoms with E-state index in [9.17, 15) is 0 Å². The molecule has 0 bridgehead atoms. The van der Waals surface area contributed by atoms with Crippen LogP contribution in [0.15, 0.2) is 12.4 Å². The Morgan fingerprint density at radius 2 is 2.22 bits per heavy atom. The molecule has 1 heterocycles. The predicted molar refractivity (Wildman–Crippen MR) is 72.6 cm³/mol. The number of hydrogen-bond acceptors (Lipinski definition) is 3. The molecule has 0 spiro atoms. The van der Waals surface area contributed by atoms with Crippen molar-refractivity contribution in [1.82, 2.24) is 14.9 Å². The first kappa shape index (κ1) is 13.6. The number of rotatable bonds is 6. The van der Waals surface area contributed by atoms with E-state index in [-0.39, 0.29) is 5.60 Å². The molecule has 0 saturated heterocycles. The molecule has 4 nitrogen and oxygen atoms in total. The van der Waals surface area contributed by atoms with E-state index >= 15 is 0 Å². The molecule has 1 unspecified atom stereocenters. The second-order valence-electron chi connectivity index (χ2n) is 5.20. The number of ether oxygens (including phenoxy) is 1. The van der Waals surface area contributed by atoms with Crippen LogP contribution >= 0.6 is 0 Å². The van der Waals surface area contributed by atoms with Gasteiger partial charge in [0.05, 0.1) is 5.60 Å². The highest BCUT2D eigenvalue weighted by Gasteiger charge is 2.41. The summed E-state index contributed by atoms with van der Waals surface area (Å²) in [4.78, 5) is 4.43. The molecule has 0 radical (unpaired) electrons. The lowest BCUT2D eigenvalue weighted by Crippen LogP contribution is -2.51. The van der Waals surface area contributed by atoms with Gasteiger partial charge in [-0.1, -0.05) is 12.8 Å². The van der Waals surface area contributed by atoms with E-state index in [0.29, 0.717) is 6.04 Å². The summed E-state index contributed by atoms with van der Waals surface area (Å²) in [6.45, 7) is 2.88. The van der Waals surface area contributed by atoms with Crippen LogP contribution in [0.3, 0.4) is 0 Å². The molecule has 1 atom stereocenters. The van der Waals surface area contributed by atoms with Crippen LogP contribution in [-0.4, -0.2) is 34.8 Å². The van der Waals surface area contributed by atoms with Gasteiger partial charge in [0.2, 0.25) is 0 Å². The van der Waals surface area contributed by atoms with Gasteiger partial charge in [0.15, 0.2) is 0 Å². The monoisotopic (exact) mass is 251 g/mol. The standard InChI is InChI=1S/C14H25N3O/c1-4-18-14(7-5-6-8-14)12(15-2)11-13-16-9-10-17(13)3/h9-10,12,15H,4-8,11H2,1-3H3. The van der Waals surface area contributed by atoms with Crippen molar-refractivity contribution >= 4 is 0 Å². The molecule has 1 aromatic heterocycles. The first-order valence-electron chi connectivity index (χ1n) is 6.99. The molecule has 0 amide bonds. The van der Waals surface area contributed by atoms with Crippen molar-refractivity contribution in [2.24, 2.45) is 7.05 Å². The summed E-state index contributed by atoms with van der Waals surface area (Å²) in [5.41, 5.74) is 0.00937. The molecule has 2 rings (SSSR count). The molecule has 1 aromatic rings. The Bertz CT molecular complexity index is 369. The van der Waals surface area contributed by atoms with Crippen molar-refractivity contribution in [2.45, 2.75) is 50.7 Å². The van der Waals surface area contributed by atoms with Gasteiger partial charge in [-0.25, -0.2) is 4.98 Å². The summed E-state index contributed by atoms with van der Waals surface area (Å²) in [6.07, 6.45) is 9.68. The largest absolute Gasteiger partial charge is 0.374 e. The maximum absolute atomic E-state index is 6.13.